The average Bonchev–Trinajstić information content (AvgIpc) is 3.29. The van der Waals surface area contributed by atoms with Crippen LogP contribution in [-0.4, -0.2) is 73.2 Å². The summed E-state index contributed by atoms with van der Waals surface area (Å²) >= 11 is 0. The van der Waals surface area contributed by atoms with Crippen LogP contribution in [0.25, 0.3) is 0 Å². The molecule has 0 spiro atoms. The van der Waals surface area contributed by atoms with Crippen molar-refractivity contribution in [2.45, 2.75) is 12.8 Å². The molecule has 2 aliphatic carbocycles. The van der Waals surface area contributed by atoms with E-state index in [1.807, 2.05) is 0 Å². The minimum absolute atomic E-state index is 0. The summed E-state index contributed by atoms with van der Waals surface area (Å²) in [4.78, 5) is 22.9. The number of hydrogen-bond donors (Lipinski definition) is 2. The number of carboxylic acids is 2. The molecule has 2 N–H and O–H groups in total. The van der Waals surface area contributed by atoms with Crippen molar-refractivity contribution in [1.29, 1.82) is 0 Å². The Morgan fingerprint density at radius 3 is 1.26 bits per heavy atom. The predicted octanol–water partition coefficient (Wildman–Crippen LogP) is 0.362. The molecule has 0 amide bonds. The summed E-state index contributed by atoms with van der Waals surface area (Å²) < 4.78 is 0. The molecule has 0 fully saturated rings. The zero-order valence-corrected chi connectivity index (χ0v) is 22.1. The average molecular weight is 597 g/mol. The third kappa shape index (κ3) is 23.9. The van der Waals surface area contributed by atoms with Gasteiger partial charge in [0.05, 0.1) is 0 Å². The quantitative estimate of drug-likeness (QED) is 0.195. The maximum atomic E-state index is 9.43. The summed E-state index contributed by atoms with van der Waals surface area (Å²) in [5.74, 6) is -5.13. The van der Waals surface area contributed by atoms with E-state index in [9.17, 15) is 19.8 Å². The molecule has 2 rings (SSSR count). The van der Waals surface area contributed by atoms with Gasteiger partial charge in [0.2, 0.25) is 0 Å². The smallest absolute Gasteiger partial charge is 0.868 e. The van der Waals surface area contributed by atoms with Gasteiger partial charge in [-0.3, -0.25) is 12.2 Å². The van der Waals surface area contributed by atoms with Gasteiger partial charge in [0.1, 0.15) is 0 Å². The largest absolute Gasteiger partial charge is 4.00 e. The molecule has 0 saturated carbocycles. The molecule has 2 aliphatic rings. The molecular formula is C22H30HfN2O6. The van der Waals surface area contributed by atoms with Crippen LogP contribution in [0.5, 0.6) is 0 Å². The Labute approximate surface area is 203 Å². The van der Waals surface area contributed by atoms with E-state index >= 15 is 0 Å². The van der Waals surface area contributed by atoms with Crippen molar-refractivity contribution >= 4 is 11.9 Å². The molecule has 0 aromatic carbocycles. The Kier molecular flexibility index (Phi) is 21.2. The molecule has 168 valence electrons. The van der Waals surface area contributed by atoms with Crippen molar-refractivity contribution in [2.75, 3.05) is 41.3 Å². The number of nitrogens with zero attached hydrogens (tertiary/aromatic N) is 2. The molecule has 0 aliphatic heterocycles. The van der Waals surface area contributed by atoms with Gasteiger partial charge in [0.15, 0.2) is 0 Å². The van der Waals surface area contributed by atoms with E-state index in [4.69, 9.17) is 10.2 Å². The van der Waals surface area contributed by atoms with Crippen LogP contribution in [0.3, 0.4) is 0 Å². The van der Waals surface area contributed by atoms with Crippen molar-refractivity contribution in [3.63, 3.8) is 0 Å². The summed E-state index contributed by atoms with van der Waals surface area (Å²) in [6, 6.07) is 0. The van der Waals surface area contributed by atoms with E-state index in [1.165, 1.54) is 11.1 Å². The number of rotatable bonds is 6. The summed E-state index contributed by atoms with van der Waals surface area (Å²) in [7, 11) is 8.28. The van der Waals surface area contributed by atoms with Gasteiger partial charge in [-0.1, -0.05) is 13.2 Å². The van der Waals surface area contributed by atoms with Crippen LogP contribution >= 0.6 is 0 Å². The molecule has 8 nitrogen and oxygen atoms in total. The van der Waals surface area contributed by atoms with Gasteiger partial charge >= 0.3 is 37.8 Å². The van der Waals surface area contributed by atoms with Gasteiger partial charge in [-0.2, -0.15) is 12.2 Å². The summed E-state index contributed by atoms with van der Waals surface area (Å²) in [5.41, 5.74) is 2.64. The van der Waals surface area contributed by atoms with Crippen LogP contribution in [0.1, 0.15) is 12.8 Å². The summed E-state index contributed by atoms with van der Waals surface area (Å²) in [6.07, 6.45) is 17.1. The van der Waals surface area contributed by atoms with Crippen molar-refractivity contribution in [2.24, 2.45) is 0 Å². The molecule has 0 radical (unpaired) electrons. The van der Waals surface area contributed by atoms with Crippen molar-refractivity contribution in [1.82, 2.24) is 9.80 Å². The van der Waals surface area contributed by atoms with Gasteiger partial charge in [0, 0.05) is 0 Å². The van der Waals surface area contributed by atoms with Crippen molar-refractivity contribution in [3.8, 4) is 0 Å². The molecule has 0 aromatic heterocycles. The van der Waals surface area contributed by atoms with E-state index in [0.717, 1.165) is 25.9 Å². The second-order valence-corrected chi connectivity index (χ2v) is 6.55. The molecular weight excluding hydrogens is 567 g/mol. The van der Waals surface area contributed by atoms with E-state index in [0.29, 0.717) is 0 Å². The molecule has 0 unspecified atom stereocenters. The number of hydrogen-bond acceptors (Lipinski definition) is 6. The van der Waals surface area contributed by atoms with Gasteiger partial charge in [-0.25, -0.2) is 32.9 Å². The molecule has 0 atom stereocenters. The number of allylic oxidation sites excluding steroid dienone is 4. The van der Waals surface area contributed by atoms with E-state index in [2.05, 4.69) is 87.6 Å². The van der Waals surface area contributed by atoms with Crippen LogP contribution in [0.2, 0.25) is 0 Å². The summed E-state index contributed by atoms with van der Waals surface area (Å²) in [6.45, 7) is 7.25. The van der Waals surface area contributed by atoms with Gasteiger partial charge < -0.3 is 30.2 Å². The first-order valence-corrected chi connectivity index (χ1v) is 8.87. The van der Waals surface area contributed by atoms with E-state index in [-0.39, 0.29) is 25.8 Å². The monoisotopic (exact) mass is 598 g/mol. The van der Waals surface area contributed by atoms with Gasteiger partial charge in [-0.15, -0.1) is 12.8 Å². The van der Waals surface area contributed by atoms with E-state index < -0.39 is 23.5 Å². The minimum Gasteiger partial charge on any atom is -0.868 e. The molecule has 0 aromatic rings. The normalized spacial score (nSPS) is 12.7. The second kappa shape index (κ2) is 19.7. The predicted molar refractivity (Wildman–Crippen MR) is 112 cm³/mol. The standard InChI is InChI=1S/2C8H12N.2C3H4O3.Hf/c2*1-9(2)7-8-5-3-4-6-8;2*1-2(4)3(5)6;/h2*3,5H,4,7H2,1-2H3;2*4H,1H2,(H,5,6);/q2*-1;;;+4/p-2. The maximum absolute atomic E-state index is 9.43. The Balaban J connectivity index is -0.000000341. The fourth-order valence-corrected chi connectivity index (χ4v) is 1.80. The Morgan fingerprint density at radius 2 is 1.13 bits per heavy atom. The van der Waals surface area contributed by atoms with Crippen LogP contribution in [0.15, 0.2) is 60.1 Å². The fourth-order valence-electron chi connectivity index (χ4n) is 1.80. The van der Waals surface area contributed by atoms with Crippen LogP contribution in [0, 0.1) is 12.2 Å². The first-order chi connectivity index (χ1) is 13.9. The third-order valence-electron chi connectivity index (χ3n) is 2.98. The number of carboxylic acid groups (broad SMARTS) is 2. The molecule has 9 heteroatoms. The van der Waals surface area contributed by atoms with Crippen LogP contribution in [-0.2, 0) is 35.4 Å². The molecule has 31 heavy (non-hydrogen) atoms. The Morgan fingerprint density at radius 1 is 0.871 bits per heavy atom. The van der Waals surface area contributed by atoms with Gasteiger partial charge in [0.25, 0.3) is 0 Å². The third-order valence-corrected chi connectivity index (χ3v) is 2.98. The van der Waals surface area contributed by atoms with Crippen molar-refractivity contribution in [3.05, 3.63) is 72.3 Å². The number of aliphatic carboxylic acids is 2. The van der Waals surface area contributed by atoms with E-state index in [1.54, 1.807) is 0 Å². The molecule has 0 bridgehead atoms. The van der Waals surface area contributed by atoms with Gasteiger partial charge in [-0.05, 0) is 52.8 Å². The van der Waals surface area contributed by atoms with Crippen LogP contribution in [0.4, 0.5) is 0 Å². The van der Waals surface area contributed by atoms with Crippen molar-refractivity contribution < 1.29 is 55.9 Å². The minimum atomic E-state index is -1.49. The maximum Gasteiger partial charge on any atom is 4.00 e. The SMILES string of the molecule is C=C([O-])C(=O)O.C=C([O-])C(=O)O.CN(C)CC1=[C-]CC=C1.CN(C)CC1=[C-]CC=C1.[Hf+4]. The summed E-state index contributed by atoms with van der Waals surface area (Å²) in [5, 5.41) is 34.0. The fraction of sp³-hybridized carbons (Fsp3) is 0.364. The first-order valence-electron chi connectivity index (χ1n) is 8.87. The Hall–Kier alpha value is -2.23. The Bertz CT molecular complexity index is 623. The zero-order valence-electron chi connectivity index (χ0n) is 18.5. The topological polar surface area (TPSA) is 127 Å². The first kappa shape index (κ1) is 33.4. The van der Waals surface area contributed by atoms with Crippen LogP contribution < -0.4 is 10.2 Å². The zero-order chi connectivity index (χ0) is 23.7. The molecule has 0 saturated heterocycles. The second-order valence-electron chi connectivity index (χ2n) is 6.55. The number of likely N-dealkylation sites (N-methyl/N-ethyl adjacent to an activating group) is 2. The molecule has 0 heterocycles. The number of carbonyl (C=O) groups is 2.